The zero-order valence-electron chi connectivity index (χ0n) is 14.6. The number of hydrogen-bond acceptors (Lipinski definition) is 6. The summed E-state index contributed by atoms with van der Waals surface area (Å²) in [5.41, 5.74) is 1.89. The molecule has 0 saturated carbocycles. The number of H-pyrrole nitrogens is 1. The van der Waals surface area contributed by atoms with Gasteiger partial charge in [-0.1, -0.05) is 30.3 Å². The van der Waals surface area contributed by atoms with E-state index in [0.717, 1.165) is 22.7 Å². The van der Waals surface area contributed by atoms with Crippen LogP contribution < -0.4 is 9.84 Å². The van der Waals surface area contributed by atoms with Crippen molar-refractivity contribution in [3.8, 4) is 5.75 Å². The Kier molecular flexibility index (Phi) is 4.49. The second-order valence-corrected chi connectivity index (χ2v) is 6.46. The molecule has 0 radical (unpaired) electrons. The molecule has 0 bridgehead atoms. The number of aromatic nitrogens is 1. The lowest BCUT2D eigenvalue weighted by Crippen LogP contribution is -2.38. The van der Waals surface area contributed by atoms with E-state index in [4.69, 9.17) is 4.74 Å². The van der Waals surface area contributed by atoms with Crippen LogP contribution in [0.4, 0.5) is 0 Å². The van der Waals surface area contributed by atoms with Gasteiger partial charge in [0.1, 0.15) is 5.75 Å². The Morgan fingerprint density at radius 1 is 1.18 bits per heavy atom. The maximum atomic E-state index is 12.5. The second kappa shape index (κ2) is 7.11. The predicted molar refractivity (Wildman–Crippen MR) is 99.2 cm³/mol. The largest absolute Gasteiger partial charge is 0.548 e. The number of fused-ring (bicyclic) bond motifs is 2. The normalized spacial score (nSPS) is 17.5. The van der Waals surface area contributed by atoms with E-state index in [1.807, 2.05) is 24.3 Å². The third-order valence-electron chi connectivity index (χ3n) is 4.67. The van der Waals surface area contributed by atoms with Crippen LogP contribution in [0.15, 0.2) is 59.7 Å². The molecular formula is C21H15N2O5-. The van der Waals surface area contributed by atoms with E-state index in [1.54, 1.807) is 24.4 Å². The number of para-hydroxylation sites is 2. The molecule has 0 fully saturated rings. The van der Waals surface area contributed by atoms with Crippen LogP contribution in [0.3, 0.4) is 0 Å². The Morgan fingerprint density at radius 3 is 2.75 bits per heavy atom. The minimum Gasteiger partial charge on any atom is -0.548 e. The van der Waals surface area contributed by atoms with Gasteiger partial charge < -0.3 is 19.6 Å². The minimum absolute atomic E-state index is 0.0649. The van der Waals surface area contributed by atoms with Gasteiger partial charge >= 0.3 is 5.97 Å². The molecule has 1 aliphatic heterocycles. The summed E-state index contributed by atoms with van der Waals surface area (Å²) in [4.78, 5) is 43.3. The Bertz CT molecular complexity index is 1110. The van der Waals surface area contributed by atoms with Crippen LogP contribution in [-0.2, 0) is 16.0 Å². The molecule has 2 atom stereocenters. The van der Waals surface area contributed by atoms with E-state index in [0.29, 0.717) is 0 Å². The van der Waals surface area contributed by atoms with E-state index in [-0.39, 0.29) is 17.7 Å². The summed E-state index contributed by atoms with van der Waals surface area (Å²) in [6.07, 6.45) is 2.83. The van der Waals surface area contributed by atoms with Gasteiger partial charge in [-0.15, -0.1) is 0 Å². The van der Waals surface area contributed by atoms with Crippen molar-refractivity contribution in [2.24, 2.45) is 10.9 Å². The first-order valence-corrected chi connectivity index (χ1v) is 8.68. The maximum absolute atomic E-state index is 12.5. The molecule has 7 heteroatoms. The number of esters is 1. The van der Waals surface area contributed by atoms with Crippen molar-refractivity contribution in [1.29, 1.82) is 0 Å². The zero-order valence-corrected chi connectivity index (χ0v) is 14.6. The SMILES string of the molecule is O=C1Oc2ccccc2C(=O)C1C=N[C@H](Cc1c[nH]c2ccccc12)C(=O)[O-]. The van der Waals surface area contributed by atoms with Crippen molar-refractivity contribution in [2.45, 2.75) is 12.5 Å². The number of ketones is 1. The fourth-order valence-corrected chi connectivity index (χ4v) is 3.23. The monoisotopic (exact) mass is 375 g/mol. The average molecular weight is 375 g/mol. The highest BCUT2D eigenvalue weighted by Crippen LogP contribution is 2.27. The molecule has 28 heavy (non-hydrogen) atoms. The summed E-state index contributed by atoms with van der Waals surface area (Å²) in [7, 11) is 0. The highest BCUT2D eigenvalue weighted by atomic mass is 16.5. The molecule has 2 aromatic carbocycles. The van der Waals surface area contributed by atoms with Gasteiger partial charge in [-0.3, -0.25) is 14.6 Å². The zero-order chi connectivity index (χ0) is 19.7. The number of ether oxygens (including phenoxy) is 1. The number of aromatic amines is 1. The molecule has 0 aliphatic carbocycles. The van der Waals surface area contributed by atoms with Gasteiger partial charge in [0.05, 0.1) is 17.6 Å². The van der Waals surface area contributed by atoms with Crippen LogP contribution in [0.5, 0.6) is 5.75 Å². The van der Waals surface area contributed by atoms with Crippen molar-refractivity contribution in [1.82, 2.24) is 4.98 Å². The standard InChI is InChI=1S/C21H16N2O5/c24-19-14-6-2-4-8-18(14)28-21(27)15(19)11-23-17(20(25)26)9-12-10-22-16-7-3-1-5-13(12)16/h1-8,10-11,15,17,22H,9H2,(H,25,26)/p-1/t15?,17-/m1/s1. The molecule has 3 aromatic rings. The summed E-state index contributed by atoms with van der Waals surface area (Å²) >= 11 is 0. The highest BCUT2D eigenvalue weighted by Gasteiger charge is 2.35. The van der Waals surface area contributed by atoms with E-state index >= 15 is 0 Å². The molecule has 7 nitrogen and oxygen atoms in total. The predicted octanol–water partition coefficient (Wildman–Crippen LogP) is 1.32. The fraction of sp³-hybridized carbons (Fsp3) is 0.143. The van der Waals surface area contributed by atoms with Crippen LogP contribution >= 0.6 is 0 Å². The molecule has 4 rings (SSSR count). The lowest BCUT2D eigenvalue weighted by molar-refractivity contribution is -0.307. The molecule has 0 saturated heterocycles. The summed E-state index contributed by atoms with van der Waals surface area (Å²) in [6, 6.07) is 12.6. The van der Waals surface area contributed by atoms with E-state index in [9.17, 15) is 19.5 Å². The van der Waals surface area contributed by atoms with Crippen LogP contribution in [0.25, 0.3) is 10.9 Å². The second-order valence-electron chi connectivity index (χ2n) is 6.46. The number of nitrogens with one attached hydrogen (secondary N) is 1. The number of carbonyl (C=O) groups excluding carboxylic acids is 3. The van der Waals surface area contributed by atoms with Gasteiger partial charge in [-0.25, -0.2) is 0 Å². The van der Waals surface area contributed by atoms with Crippen LogP contribution in [0, 0.1) is 5.92 Å². The smallest absolute Gasteiger partial charge is 0.327 e. The number of aliphatic carboxylic acids is 1. The van der Waals surface area contributed by atoms with Gasteiger partial charge in [0.25, 0.3) is 0 Å². The van der Waals surface area contributed by atoms with E-state index in [1.165, 1.54) is 6.07 Å². The molecule has 1 aliphatic rings. The van der Waals surface area contributed by atoms with E-state index in [2.05, 4.69) is 9.98 Å². The molecule has 0 amide bonds. The Hall–Kier alpha value is -3.74. The van der Waals surface area contributed by atoms with Gasteiger partial charge in [-0.2, -0.15) is 0 Å². The van der Waals surface area contributed by atoms with Crippen molar-refractivity contribution in [2.75, 3.05) is 0 Å². The molecule has 1 unspecified atom stereocenters. The third-order valence-corrected chi connectivity index (χ3v) is 4.67. The molecule has 140 valence electrons. The number of hydrogen-bond donors (Lipinski definition) is 1. The molecule has 2 heterocycles. The van der Waals surface area contributed by atoms with Crippen molar-refractivity contribution < 1.29 is 24.2 Å². The van der Waals surface area contributed by atoms with Crippen molar-refractivity contribution >= 4 is 34.8 Å². The Balaban J connectivity index is 1.58. The number of carboxylic acids is 1. The van der Waals surface area contributed by atoms with Crippen LogP contribution in [-0.4, -0.2) is 35.0 Å². The van der Waals surface area contributed by atoms with Crippen LogP contribution in [0.2, 0.25) is 0 Å². The van der Waals surface area contributed by atoms with E-state index < -0.39 is 29.7 Å². The van der Waals surface area contributed by atoms with Gasteiger partial charge in [0, 0.05) is 29.7 Å². The molecule has 1 aromatic heterocycles. The number of carbonyl (C=O) groups is 3. The number of rotatable bonds is 5. The number of carboxylic acid groups (broad SMARTS) is 1. The lowest BCUT2D eigenvalue weighted by Gasteiger charge is -2.20. The molecule has 1 N–H and O–H groups in total. The topological polar surface area (TPSA) is 112 Å². The first kappa shape index (κ1) is 17.7. The summed E-state index contributed by atoms with van der Waals surface area (Å²) in [6.45, 7) is 0. The van der Waals surface area contributed by atoms with Crippen LogP contribution in [0.1, 0.15) is 15.9 Å². The van der Waals surface area contributed by atoms with Gasteiger partial charge in [-0.05, 0) is 23.8 Å². The summed E-state index contributed by atoms with van der Waals surface area (Å²) < 4.78 is 5.15. The first-order valence-electron chi connectivity index (χ1n) is 8.68. The summed E-state index contributed by atoms with van der Waals surface area (Å²) in [5.74, 6) is -3.73. The first-order chi connectivity index (χ1) is 13.5. The minimum atomic E-state index is -1.39. The number of Topliss-reactive ketones (excluding diaryl/α,β-unsaturated/α-hetero) is 1. The van der Waals surface area contributed by atoms with Gasteiger partial charge in [0.15, 0.2) is 11.7 Å². The lowest BCUT2D eigenvalue weighted by atomic mass is 9.95. The number of benzene rings is 2. The molecular weight excluding hydrogens is 360 g/mol. The summed E-state index contributed by atoms with van der Waals surface area (Å²) in [5, 5.41) is 12.4. The Labute approximate surface area is 159 Å². The number of nitrogens with zero attached hydrogens (tertiary/aromatic N) is 1. The van der Waals surface area contributed by atoms with Crippen molar-refractivity contribution in [3.05, 3.63) is 65.9 Å². The fourth-order valence-electron chi connectivity index (χ4n) is 3.23. The van der Waals surface area contributed by atoms with Gasteiger partial charge in [0.2, 0.25) is 0 Å². The number of aliphatic imine (C=N–C) groups is 1. The average Bonchev–Trinajstić information content (AvgIpc) is 3.09. The third kappa shape index (κ3) is 3.18. The Morgan fingerprint density at radius 2 is 1.93 bits per heavy atom. The maximum Gasteiger partial charge on any atom is 0.327 e. The van der Waals surface area contributed by atoms with Crippen molar-refractivity contribution in [3.63, 3.8) is 0 Å². The molecule has 0 spiro atoms. The quantitative estimate of drug-likeness (QED) is 0.313. The highest BCUT2D eigenvalue weighted by molar-refractivity contribution is 6.22.